The quantitative estimate of drug-likeness (QED) is 0.551. The fourth-order valence-electron chi connectivity index (χ4n) is 4.16. The number of hydrogen-bond donors (Lipinski definition) is 1. The van der Waals surface area contributed by atoms with Crippen molar-refractivity contribution in [1.29, 1.82) is 0 Å². The average molecular weight is 369 g/mol. The number of nitrogens with zero attached hydrogens (tertiary/aromatic N) is 2. The monoisotopic (exact) mass is 369 g/mol. The van der Waals surface area contributed by atoms with E-state index in [-0.39, 0.29) is 17.6 Å². The topological polar surface area (TPSA) is 59.8 Å². The Morgan fingerprint density at radius 1 is 0.857 bits per heavy atom. The van der Waals surface area contributed by atoms with E-state index in [0.717, 1.165) is 26.5 Å². The SMILES string of the molecule is Cn1c(=O)[nH]n([C@@H]2C=C[C@H](c3ccccc3)c3ccc4ccccc4c32)c1=O. The molecule has 28 heavy (non-hydrogen) atoms. The molecule has 3 aromatic carbocycles. The Morgan fingerprint density at radius 3 is 2.36 bits per heavy atom. The van der Waals surface area contributed by atoms with Gasteiger partial charge in [0.2, 0.25) is 0 Å². The van der Waals surface area contributed by atoms with Crippen molar-refractivity contribution in [2.24, 2.45) is 7.05 Å². The number of hydrogen-bond acceptors (Lipinski definition) is 2. The van der Waals surface area contributed by atoms with Gasteiger partial charge in [0.1, 0.15) is 0 Å². The molecule has 138 valence electrons. The molecule has 0 saturated heterocycles. The molecule has 1 aromatic heterocycles. The van der Waals surface area contributed by atoms with Crippen LogP contribution in [-0.4, -0.2) is 14.3 Å². The van der Waals surface area contributed by atoms with Crippen molar-refractivity contribution in [3.8, 4) is 0 Å². The standard InChI is InChI=1S/C23H19N3O2/c1-25-22(27)24-26(23(25)28)20-14-13-17(15-7-3-2-4-8-15)19-12-11-16-9-5-6-10-18(16)21(19)20/h2-14,17,20H,1H3,(H,24,27)/t17-,20-/m1/s1. The van der Waals surface area contributed by atoms with E-state index in [0.29, 0.717) is 0 Å². The van der Waals surface area contributed by atoms with Crippen molar-refractivity contribution < 1.29 is 0 Å². The van der Waals surface area contributed by atoms with Crippen LogP contribution in [0.2, 0.25) is 0 Å². The second-order valence-electron chi connectivity index (χ2n) is 7.14. The molecule has 1 N–H and O–H groups in total. The molecule has 2 atom stereocenters. The Kier molecular flexibility index (Phi) is 3.69. The van der Waals surface area contributed by atoms with E-state index in [1.807, 2.05) is 36.4 Å². The van der Waals surface area contributed by atoms with E-state index in [1.54, 1.807) is 0 Å². The maximum Gasteiger partial charge on any atom is 0.347 e. The summed E-state index contributed by atoms with van der Waals surface area (Å²) in [5.41, 5.74) is 2.64. The molecular weight excluding hydrogens is 350 g/mol. The summed E-state index contributed by atoms with van der Waals surface area (Å²) in [5.74, 6) is 0.100. The van der Waals surface area contributed by atoms with Crippen LogP contribution in [0.1, 0.15) is 28.7 Å². The largest absolute Gasteiger partial charge is 0.347 e. The van der Waals surface area contributed by atoms with Gasteiger partial charge in [-0.3, -0.25) is 0 Å². The van der Waals surface area contributed by atoms with Crippen LogP contribution in [0.25, 0.3) is 10.8 Å². The molecule has 1 aliphatic carbocycles. The van der Waals surface area contributed by atoms with Gasteiger partial charge in [-0.05, 0) is 27.5 Å². The lowest BCUT2D eigenvalue weighted by Crippen LogP contribution is -2.29. The van der Waals surface area contributed by atoms with Gasteiger partial charge in [0.05, 0.1) is 6.04 Å². The van der Waals surface area contributed by atoms with Crippen LogP contribution in [0, 0.1) is 0 Å². The van der Waals surface area contributed by atoms with Gasteiger partial charge >= 0.3 is 11.4 Å². The molecule has 0 fully saturated rings. The second-order valence-corrected chi connectivity index (χ2v) is 7.14. The molecule has 0 radical (unpaired) electrons. The maximum absolute atomic E-state index is 12.6. The molecule has 5 rings (SSSR count). The molecule has 1 heterocycles. The van der Waals surface area contributed by atoms with Crippen molar-refractivity contribution in [2.75, 3.05) is 0 Å². The maximum atomic E-state index is 12.6. The number of allylic oxidation sites excluding steroid dienone is 2. The van der Waals surface area contributed by atoms with Gasteiger partial charge in [-0.15, -0.1) is 0 Å². The molecule has 1 aliphatic rings. The zero-order valence-corrected chi connectivity index (χ0v) is 15.4. The molecule has 0 amide bonds. The molecule has 0 saturated carbocycles. The fraction of sp³-hybridized carbons (Fsp3) is 0.130. The molecular formula is C23H19N3O2. The van der Waals surface area contributed by atoms with E-state index in [1.165, 1.54) is 17.3 Å². The third kappa shape index (κ3) is 2.40. The number of aromatic amines is 1. The number of H-pyrrole nitrogens is 1. The third-order valence-corrected chi connectivity index (χ3v) is 5.57. The van der Waals surface area contributed by atoms with Crippen LogP contribution in [-0.2, 0) is 7.05 Å². The number of benzene rings is 3. The first-order valence-corrected chi connectivity index (χ1v) is 9.27. The van der Waals surface area contributed by atoms with Crippen molar-refractivity contribution in [3.05, 3.63) is 117 Å². The van der Waals surface area contributed by atoms with E-state index >= 15 is 0 Å². The van der Waals surface area contributed by atoms with E-state index in [2.05, 4.69) is 47.6 Å². The van der Waals surface area contributed by atoms with Gasteiger partial charge in [0.25, 0.3) is 0 Å². The minimum atomic E-state index is -0.412. The average Bonchev–Trinajstić information content (AvgIpc) is 3.00. The summed E-state index contributed by atoms with van der Waals surface area (Å²) < 4.78 is 2.52. The fourth-order valence-corrected chi connectivity index (χ4v) is 4.16. The Morgan fingerprint density at radius 2 is 1.61 bits per heavy atom. The first-order chi connectivity index (χ1) is 13.6. The van der Waals surface area contributed by atoms with Gasteiger partial charge in [0, 0.05) is 13.0 Å². The molecule has 0 aliphatic heterocycles. The first-order valence-electron chi connectivity index (χ1n) is 9.27. The highest BCUT2D eigenvalue weighted by molar-refractivity contribution is 5.88. The minimum Gasteiger partial charge on any atom is -0.246 e. The zero-order valence-electron chi connectivity index (χ0n) is 15.4. The van der Waals surface area contributed by atoms with E-state index < -0.39 is 5.69 Å². The highest BCUT2D eigenvalue weighted by Crippen LogP contribution is 2.41. The molecule has 5 heteroatoms. The lowest BCUT2D eigenvalue weighted by molar-refractivity contribution is 0.569. The summed E-state index contributed by atoms with van der Waals surface area (Å²) in [6, 6.07) is 22.4. The molecule has 0 unspecified atom stereocenters. The van der Waals surface area contributed by atoms with Crippen molar-refractivity contribution in [3.63, 3.8) is 0 Å². The Balaban J connectivity index is 1.81. The molecule has 4 aromatic rings. The lowest BCUT2D eigenvalue weighted by Gasteiger charge is -2.28. The van der Waals surface area contributed by atoms with Gasteiger partial charge in [-0.1, -0.05) is 78.9 Å². The summed E-state index contributed by atoms with van der Waals surface area (Å²) in [5, 5.41) is 4.90. The summed E-state index contributed by atoms with van der Waals surface area (Å²) in [6.45, 7) is 0. The molecule has 0 bridgehead atoms. The summed E-state index contributed by atoms with van der Waals surface area (Å²) >= 11 is 0. The lowest BCUT2D eigenvalue weighted by atomic mass is 9.79. The van der Waals surface area contributed by atoms with Crippen LogP contribution in [0.3, 0.4) is 0 Å². The first kappa shape index (κ1) is 16.6. The van der Waals surface area contributed by atoms with Crippen LogP contribution >= 0.6 is 0 Å². The summed E-state index contributed by atoms with van der Waals surface area (Å²) in [7, 11) is 1.49. The van der Waals surface area contributed by atoms with Crippen LogP contribution in [0.4, 0.5) is 0 Å². The van der Waals surface area contributed by atoms with Gasteiger partial charge in [-0.2, -0.15) is 0 Å². The van der Waals surface area contributed by atoms with Crippen LogP contribution in [0.5, 0.6) is 0 Å². The number of nitrogens with one attached hydrogen (secondary N) is 1. The van der Waals surface area contributed by atoms with Crippen molar-refractivity contribution >= 4 is 10.8 Å². The number of fused-ring (bicyclic) bond motifs is 3. The second kappa shape index (κ2) is 6.23. The van der Waals surface area contributed by atoms with Crippen LogP contribution in [0.15, 0.2) is 88.5 Å². The number of rotatable bonds is 2. The summed E-state index contributed by atoms with van der Waals surface area (Å²) in [6.07, 6.45) is 4.14. The highest BCUT2D eigenvalue weighted by atomic mass is 16.2. The summed E-state index contributed by atoms with van der Waals surface area (Å²) in [4.78, 5) is 24.7. The van der Waals surface area contributed by atoms with Gasteiger partial charge < -0.3 is 0 Å². The van der Waals surface area contributed by atoms with Crippen molar-refractivity contribution in [1.82, 2.24) is 14.3 Å². The van der Waals surface area contributed by atoms with Crippen molar-refractivity contribution in [2.45, 2.75) is 12.0 Å². The molecule has 5 nitrogen and oxygen atoms in total. The number of aromatic nitrogens is 3. The normalized spacial score (nSPS) is 18.3. The Labute approximate surface area is 161 Å². The molecule has 0 spiro atoms. The zero-order chi connectivity index (χ0) is 19.3. The van der Waals surface area contributed by atoms with E-state index in [9.17, 15) is 9.59 Å². The van der Waals surface area contributed by atoms with Gasteiger partial charge in [0.15, 0.2) is 0 Å². The smallest absolute Gasteiger partial charge is 0.246 e. The minimum absolute atomic E-state index is 0.100. The predicted molar refractivity (Wildman–Crippen MR) is 110 cm³/mol. The third-order valence-electron chi connectivity index (χ3n) is 5.57. The highest BCUT2D eigenvalue weighted by Gasteiger charge is 2.28. The van der Waals surface area contributed by atoms with Crippen LogP contribution < -0.4 is 11.4 Å². The van der Waals surface area contributed by atoms with Gasteiger partial charge in [-0.25, -0.2) is 23.9 Å². The predicted octanol–water partition coefficient (Wildman–Crippen LogP) is 3.32. The Bertz CT molecular complexity index is 1330. The Hall–Kier alpha value is -3.60. The van der Waals surface area contributed by atoms with E-state index in [4.69, 9.17) is 0 Å².